The summed E-state index contributed by atoms with van der Waals surface area (Å²) in [6, 6.07) is 7.39. The molecule has 0 spiro atoms. The van der Waals surface area contributed by atoms with E-state index in [9.17, 15) is 4.79 Å². The first-order chi connectivity index (χ1) is 8.96. The Balaban J connectivity index is 2.42. The second-order valence-corrected chi connectivity index (χ2v) is 5.19. The lowest BCUT2D eigenvalue weighted by Gasteiger charge is -2.24. The van der Waals surface area contributed by atoms with E-state index in [1.807, 2.05) is 45.0 Å². The molecule has 1 aromatic carbocycles. The minimum Gasteiger partial charge on any atom is -0.484 e. The van der Waals surface area contributed by atoms with Gasteiger partial charge in [-0.25, -0.2) is 0 Å². The van der Waals surface area contributed by atoms with E-state index in [4.69, 9.17) is 9.84 Å². The number of aliphatic hydroxyl groups excluding tert-OH is 1. The molecule has 0 atom stereocenters. The van der Waals surface area contributed by atoms with E-state index < -0.39 is 0 Å². The molecule has 4 heteroatoms. The van der Waals surface area contributed by atoms with E-state index in [0.717, 1.165) is 12.0 Å². The topological polar surface area (TPSA) is 58.6 Å². The third-order valence-corrected chi connectivity index (χ3v) is 3.06. The number of hydrogen-bond acceptors (Lipinski definition) is 3. The number of aliphatic hydroxyl groups is 1. The van der Waals surface area contributed by atoms with Crippen LogP contribution in [-0.2, 0) is 11.2 Å². The van der Waals surface area contributed by atoms with Gasteiger partial charge >= 0.3 is 0 Å². The lowest BCUT2D eigenvalue weighted by atomic mass is 10.0. The molecule has 0 aromatic heterocycles. The van der Waals surface area contributed by atoms with Crippen molar-refractivity contribution in [1.82, 2.24) is 5.32 Å². The Labute approximate surface area is 114 Å². The quantitative estimate of drug-likeness (QED) is 0.791. The van der Waals surface area contributed by atoms with Crippen LogP contribution in [0.3, 0.4) is 0 Å². The summed E-state index contributed by atoms with van der Waals surface area (Å²) < 4.78 is 5.42. The van der Waals surface area contributed by atoms with Gasteiger partial charge in [-0.05, 0) is 44.4 Å². The molecule has 0 radical (unpaired) electrons. The zero-order valence-corrected chi connectivity index (χ0v) is 11.9. The van der Waals surface area contributed by atoms with E-state index in [1.54, 1.807) is 0 Å². The average Bonchev–Trinajstić information content (AvgIpc) is 2.38. The largest absolute Gasteiger partial charge is 0.484 e. The van der Waals surface area contributed by atoms with Gasteiger partial charge in [0.25, 0.3) is 5.91 Å². The highest BCUT2D eigenvalue weighted by Gasteiger charge is 2.17. The number of benzene rings is 1. The molecule has 1 rings (SSSR count). The molecule has 1 aromatic rings. The first-order valence-corrected chi connectivity index (χ1v) is 6.60. The van der Waals surface area contributed by atoms with E-state index in [2.05, 4.69) is 5.32 Å². The van der Waals surface area contributed by atoms with Crippen LogP contribution in [0, 0.1) is 0 Å². The highest BCUT2D eigenvalue weighted by Crippen LogP contribution is 2.12. The molecule has 4 nitrogen and oxygen atoms in total. The highest BCUT2D eigenvalue weighted by atomic mass is 16.5. The molecule has 0 aliphatic carbocycles. The Morgan fingerprint density at radius 3 is 2.47 bits per heavy atom. The normalized spacial score (nSPS) is 11.2. The lowest BCUT2D eigenvalue weighted by molar-refractivity contribution is -0.124. The fourth-order valence-corrected chi connectivity index (χ4v) is 1.53. The standard InChI is InChI=1S/C15H23NO3/c1-4-15(2,3)16-14(18)11-19-13-7-5-12(6-8-13)9-10-17/h5-8,17H,4,9-11H2,1-3H3,(H,16,18). The Hall–Kier alpha value is -1.55. The zero-order valence-electron chi connectivity index (χ0n) is 11.9. The number of carbonyl (C=O) groups excluding carboxylic acids is 1. The molecular weight excluding hydrogens is 242 g/mol. The first-order valence-electron chi connectivity index (χ1n) is 6.60. The fourth-order valence-electron chi connectivity index (χ4n) is 1.53. The molecule has 0 aliphatic rings. The molecule has 2 N–H and O–H groups in total. The molecule has 0 fully saturated rings. The summed E-state index contributed by atoms with van der Waals surface area (Å²) in [6.07, 6.45) is 1.50. The Kier molecular flexibility index (Phi) is 5.83. The molecule has 0 heterocycles. The lowest BCUT2D eigenvalue weighted by Crippen LogP contribution is -2.44. The summed E-state index contributed by atoms with van der Waals surface area (Å²) in [5.74, 6) is 0.539. The fraction of sp³-hybridized carbons (Fsp3) is 0.533. The van der Waals surface area contributed by atoms with Crippen LogP contribution >= 0.6 is 0 Å². The van der Waals surface area contributed by atoms with Crippen LogP contribution in [0.4, 0.5) is 0 Å². The van der Waals surface area contributed by atoms with Crippen LogP contribution in [-0.4, -0.2) is 29.8 Å². The van der Waals surface area contributed by atoms with Crippen molar-refractivity contribution >= 4 is 5.91 Å². The maximum atomic E-state index is 11.7. The Morgan fingerprint density at radius 2 is 1.95 bits per heavy atom. The Bertz CT molecular complexity index is 398. The van der Waals surface area contributed by atoms with Crippen LogP contribution in [0.15, 0.2) is 24.3 Å². The van der Waals surface area contributed by atoms with Crippen molar-refractivity contribution in [2.75, 3.05) is 13.2 Å². The smallest absolute Gasteiger partial charge is 0.258 e. The van der Waals surface area contributed by atoms with Crippen molar-refractivity contribution in [1.29, 1.82) is 0 Å². The minimum absolute atomic E-state index is 0.0166. The number of rotatable bonds is 7. The van der Waals surface area contributed by atoms with E-state index in [1.165, 1.54) is 0 Å². The van der Waals surface area contributed by atoms with Gasteiger partial charge in [-0.2, -0.15) is 0 Å². The summed E-state index contributed by atoms with van der Waals surface area (Å²) in [4.78, 5) is 11.7. The summed E-state index contributed by atoms with van der Waals surface area (Å²) in [7, 11) is 0. The molecule has 0 unspecified atom stereocenters. The van der Waals surface area contributed by atoms with Crippen LogP contribution < -0.4 is 10.1 Å². The summed E-state index contributed by atoms with van der Waals surface area (Å²) in [6.45, 7) is 6.14. The van der Waals surface area contributed by atoms with Gasteiger partial charge in [0, 0.05) is 12.1 Å². The van der Waals surface area contributed by atoms with Crippen LogP contribution in [0.25, 0.3) is 0 Å². The van der Waals surface area contributed by atoms with Crippen molar-refractivity contribution in [3.05, 3.63) is 29.8 Å². The molecule has 0 bridgehead atoms. The molecule has 0 aliphatic heterocycles. The molecular formula is C15H23NO3. The molecule has 106 valence electrons. The highest BCUT2D eigenvalue weighted by molar-refractivity contribution is 5.78. The molecule has 1 amide bonds. The second-order valence-electron chi connectivity index (χ2n) is 5.19. The third-order valence-electron chi connectivity index (χ3n) is 3.06. The van der Waals surface area contributed by atoms with Crippen molar-refractivity contribution < 1.29 is 14.6 Å². The Morgan fingerprint density at radius 1 is 1.32 bits per heavy atom. The predicted molar refractivity (Wildman–Crippen MR) is 75.2 cm³/mol. The van der Waals surface area contributed by atoms with Gasteiger partial charge in [0.2, 0.25) is 0 Å². The van der Waals surface area contributed by atoms with Gasteiger partial charge in [0.1, 0.15) is 5.75 Å². The molecule has 0 saturated heterocycles. The van der Waals surface area contributed by atoms with Crippen molar-refractivity contribution in [2.24, 2.45) is 0 Å². The van der Waals surface area contributed by atoms with Crippen molar-refractivity contribution in [3.63, 3.8) is 0 Å². The van der Waals surface area contributed by atoms with Crippen LogP contribution in [0.2, 0.25) is 0 Å². The average molecular weight is 265 g/mol. The number of carbonyl (C=O) groups is 1. The van der Waals surface area contributed by atoms with E-state index in [0.29, 0.717) is 12.2 Å². The summed E-state index contributed by atoms with van der Waals surface area (Å²) in [5.41, 5.74) is 0.845. The third kappa shape index (κ3) is 5.75. The van der Waals surface area contributed by atoms with Gasteiger partial charge in [0.15, 0.2) is 6.61 Å². The maximum absolute atomic E-state index is 11.7. The zero-order chi connectivity index (χ0) is 14.3. The summed E-state index contributed by atoms with van der Waals surface area (Å²) >= 11 is 0. The van der Waals surface area contributed by atoms with Gasteiger partial charge in [-0.1, -0.05) is 19.1 Å². The SMILES string of the molecule is CCC(C)(C)NC(=O)COc1ccc(CCO)cc1. The van der Waals surface area contributed by atoms with Crippen molar-refractivity contribution in [2.45, 2.75) is 39.2 Å². The number of amides is 1. The monoisotopic (exact) mass is 265 g/mol. The summed E-state index contributed by atoms with van der Waals surface area (Å²) in [5, 5.41) is 11.7. The van der Waals surface area contributed by atoms with Crippen molar-refractivity contribution in [3.8, 4) is 5.75 Å². The van der Waals surface area contributed by atoms with E-state index in [-0.39, 0.29) is 24.7 Å². The number of hydrogen-bond donors (Lipinski definition) is 2. The van der Waals surface area contributed by atoms with Crippen LogP contribution in [0.5, 0.6) is 5.75 Å². The number of nitrogens with one attached hydrogen (secondary N) is 1. The van der Waals surface area contributed by atoms with Gasteiger partial charge in [-0.15, -0.1) is 0 Å². The molecule has 19 heavy (non-hydrogen) atoms. The first kappa shape index (κ1) is 15.5. The maximum Gasteiger partial charge on any atom is 0.258 e. The minimum atomic E-state index is -0.203. The second kappa shape index (κ2) is 7.14. The van der Waals surface area contributed by atoms with Crippen LogP contribution in [0.1, 0.15) is 32.8 Å². The van der Waals surface area contributed by atoms with Gasteiger partial charge in [0.05, 0.1) is 0 Å². The number of ether oxygens (including phenoxy) is 1. The predicted octanol–water partition coefficient (Wildman–Crippen LogP) is 1.90. The van der Waals surface area contributed by atoms with E-state index >= 15 is 0 Å². The van der Waals surface area contributed by atoms with Gasteiger partial charge in [-0.3, -0.25) is 4.79 Å². The van der Waals surface area contributed by atoms with Gasteiger partial charge < -0.3 is 15.2 Å². The molecule has 0 saturated carbocycles.